The topological polar surface area (TPSA) is 51.8 Å². The number of aryl methyl sites for hydroxylation is 1. The van der Waals surface area contributed by atoms with E-state index in [1.54, 1.807) is 6.07 Å². The van der Waals surface area contributed by atoms with Gasteiger partial charge in [-0.2, -0.15) is 0 Å². The number of hydrogen-bond donors (Lipinski definition) is 1. The normalized spacial score (nSPS) is 11.1. The summed E-state index contributed by atoms with van der Waals surface area (Å²) < 4.78 is 13.1. The summed E-state index contributed by atoms with van der Waals surface area (Å²) in [5, 5.41) is 0. The molecule has 0 radical (unpaired) electrons. The number of benzene rings is 1. The lowest BCUT2D eigenvalue weighted by atomic mass is 10.0. The van der Waals surface area contributed by atoms with Crippen molar-refractivity contribution in [2.24, 2.45) is 0 Å². The number of rotatable bonds is 4. The van der Waals surface area contributed by atoms with Gasteiger partial charge in [-0.15, -0.1) is 11.8 Å². The van der Waals surface area contributed by atoms with E-state index in [1.165, 1.54) is 23.9 Å². The number of aromatic nitrogens is 2. The molecule has 0 bridgehead atoms. The van der Waals surface area contributed by atoms with E-state index in [2.05, 4.69) is 23.8 Å². The van der Waals surface area contributed by atoms with Crippen molar-refractivity contribution in [1.82, 2.24) is 9.97 Å². The third kappa shape index (κ3) is 3.48. The molecule has 0 spiro atoms. The molecule has 1 heterocycles. The predicted molar refractivity (Wildman–Crippen MR) is 81.2 cm³/mol. The molecule has 0 amide bonds. The second-order valence-electron chi connectivity index (χ2n) is 4.92. The van der Waals surface area contributed by atoms with E-state index in [0.717, 1.165) is 16.2 Å². The fraction of sp³-hybridized carbons (Fsp3) is 0.333. The third-order valence-corrected chi connectivity index (χ3v) is 3.94. The van der Waals surface area contributed by atoms with Crippen LogP contribution in [0.2, 0.25) is 0 Å². The summed E-state index contributed by atoms with van der Waals surface area (Å²) in [6, 6.07) is 6.50. The minimum absolute atomic E-state index is 0.234. The van der Waals surface area contributed by atoms with Gasteiger partial charge < -0.3 is 5.73 Å². The van der Waals surface area contributed by atoms with Crippen molar-refractivity contribution in [3.05, 3.63) is 47.2 Å². The lowest BCUT2D eigenvalue weighted by Crippen LogP contribution is -2.08. The number of halogens is 1. The highest BCUT2D eigenvalue weighted by Crippen LogP contribution is 2.26. The maximum atomic E-state index is 13.1. The van der Waals surface area contributed by atoms with E-state index in [-0.39, 0.29) is 5.82 Å². The van der Waals surface area contributed by atoms with E-state index in [9.17, 15) is 4.39 Å². The van der Waals surface area contributed by atoms with E-state index in [0.29, 0.717) is 23.3 Å². The van der Waals surface area contributed by atoms with Crippen LogP contribution < -0.4 is 5.73 Å². The first kappa shape index (κ1) is 14.8. The molecule has 0 atom stereocenters. The molecule has 3 nitrogen and oxygen atoms in total. The molecular weight excluding hydrogens is 273 g/mol. The molecule has 5 heteroatoms. The van der Waals surface area contributed by atoms with Gasteiger partial charge in [-0.05, 0) is 31.0 Å². The van der Waals surface area contributed by atoms with Gasteiger partial charge >= 0.3 is 0 Å². The van der Waals surface area contributed by atoms with Crippen LogP contribution in [0, 0.1) is 12.7 Å². The van der Waals surface area contributed by atoms with Crippen LogP contribution in [-0.4, -0.2) is 9.97 Å². The molecule has 0 saturated heterocycles. The molecule has 2 N–H and O–H groups in total. The van der Waals surface area contributed by atoms with Crippen LogP contribution in [0.4, 0.5) is 10.2 Å². The maximum Gasteiger partial charge on any atom is 0.141 e. The lowest BCUT2D eigenvalue weighted by Gasteiger charge is -2.13. The smallest absolute Gasteiger partial charge is 0.141 e. The van der Waals surface area contributed by atoms with Crippen LogP contribution in [0.5, 0.6) is 0 Å². The second kappa shape index (κ2) is 6.22. The van der Waals surface area contributed by atoms with Crippen molar-refractivity contribution in [3.63, 3.8) is 0 Å². The fourth-order valence-corrected chi connectivity index (χ4v) is 2.94. The fourth-order valence-electron chi connectivity index (χ4n) is 2.15. The quantitative estimate of drug-likeness (QED) is 0.867. The number of nitrogen functional groups attached to an aromatic ring is 1. The number of thioether (sulfide) groups is 1. The number of nitrogens with two attached hydrogens (primary N) is 1. The van der Waals surface area contributed by atoms with Gasteiger partial charge in [-0.3, -0.25) is 0 Å². The Kier molecular flexibility index (Phi) is 4.60. The number of hydrogen-bond acceptors (Lipinski definition) is 4. The highest BCUT2D eigenvalue weighted by atomic mass is 32.2. The van der Waals surface area contributed by atoms with Gasteiger partial charge in [0, 0.05) is 16.2 Å². The summed E-state index contributed by atoms with van der Waals surface area (Å²) in [5.41, 5.74) is 7.92. The highest BCUT2D eigenvalue weighted by Gasteiger charge is 2.12. The summed E-state index contributed by atoms with van der Waals surface area (Å²) in [7, 11) is 0. The molecule has 0 aliphatic rings. The van der Waals surface area contributed by atoms with Gasteiger partial charge in [0.15, 0.2) is 0 Å². The summed E-state index contributed by atoms with van der Waals surface area (Å²) >= 11 is 1.50. The van der Waals surface area contributed by atoms with E-state index >= 15 is 0 Å². The average Bonchev–Trinajstić information content (AvgIpc) is 2.35. The summed E-state index contributed by atoms with van der Waals surface area (Å²) in [5.74, 6) is 1.87. The van der Waals surface area contributed by atoms with Crippen LogP contribution in [0.1, 0.15) is 36.8 Å². The first-order chi connectivity index (χ1) is 9.47. The molecule has 0 unspecified atom stereocenters. The molecule has 0 saturated carbocycles. The molecule has 20 heavy (non-hydrogen) atoms. The van der Waals surface area contributed by atoms with Crippen LogP contribution in [0.25, 0.3) is 0 Å². The van der Waals surface area contributed by atoms with Crippen molar-refractivity contribution in [3.8, 4) is 0 Å². The van der Waals surface area contributed by atoms with E-state index in [1.807, 2.05) is 13.0 Å². The zero-order valence-corrected chi connectivity index (χ0v) is 12.7. The number of nitrogens with zero attached hydrogens (tertiary/aromatic N) is 2. The van der Waals surface area contributed by atoms with Gasteiger partial charge in [0.2, 0.25) is 0 Å². The molecule has 0 aliphatic heterocycles. The van der Waals surface area contributed by atoms with Crippen molar-refractivity contribution < 1.29 is 4.39 Å². The van der Waals surface area contributed by atoms with Gasteiger partial charge in [-0.1, -0.05) is 19.9 Å². The van der Waals surface area contributed by atoms with Crippen LogP contribution in [-0.2, 0) is 5.75 Å². The Morgan fingerprint density at radius 3 is 2.65 bits per heavy atom. The summed E-state index contributed by atoms with van der Waals surface area (Å²) in [4.78, 5) is 9.69. The first-order valence-corrected chi connectivity index (χ1v) is 7.47. The van der Waals surface area contributed by atoms with Crippen molar-refractivity contribution in [2.45, 2.75) is 37.3 Å². The first-order valence-electron chi connectivity index (χ1n) is 6.48. The minimum Gasteiger partial charge on any atom is -0.383 e. The van der Waals surface area contributed by atoms with Crippen LogP contribution in [0.3, 0.4) is 0 Å². The molecule has 1 aromatic heterocycles. The Hall–Kier alpha value is -1.62. The standard InChI is InChI=1S/C15H18FN3S/c1-9(2)14-10(3)18-13(19-15(14)17)8-20-12-6-4-5-11(16)7-12/h4-7,9H,8H2,1-3H3,(H2,17,18,19). The van der Waals surface area contributed by atoms with Gasteiger partial charge in [0.05, 0.1) is 5.75 Å². The van der Waals surface area contributed by atoms with E-state index in [4.69, 9.17) is 5.73 Å². The van der Waals surface area contributed by atoms with Crippen molar-refractivity contribution in [2.75, 3.05) is 5.73 Å². The van der Waals surface area contributed by atoms with Crippen LogP contribution in [0.15, 0.2) is 29.2 Å². The second-order valence-corrected chi connectivity index (χ2v) is 5.97. The van der Waals surface area contributed by atoms with E-state index < -0.39 is 0 Å². The average molecular weight is 291 g/mol. The Labute approximate surface area is 122 Å². The van der Waals surface area contributed by atoms with Gasteiger partial charge in [-0.25, -0.2) is 14.4 Å². The number of anilines is 1. The largest absolute Gasteiger partial charge is 0.383 e. The Bertz CT molecular complexity index is 591. The summed E-state index contributed by atoms with van der Waals surface area (Å²) in [6.45, 7) is 6.09. The lowest BCUT2D eigenvalue weighted by molar-refractivity contribution is 0.624. The van der Waals surface area contributed by atoms with Crippen LogP contribution >= 0.6 is 11.8 Å². The zero-order valence-electron chi connectivity index (χ0n) is 11.9. The van der Waals surface area contributed by atoms with Gasteiger partial charge in [0.25, 0.3) is 0 Å². The Morgan fingerprint density at radius 2 is 2.05 bits per heavy atom. The van der Waals surface area contributed by atoms with Crippen molar-refractivity contribution >= 4 is 17.6 Å². The van der Waals surface area contributed by atoms with Gasteiger partial charge in [0.1, 0.15) is 17.5 Å². The monoisotopic (exact) mass is 291 g/mol. The highest BCUT2D eigenvalue weighted by molar-refractivity contribution is 7.98. The Balaban J connectivity index is 2.15. The molecular formula is C15H18FN3S. The summed E-state index contributed by atoms with van der Waals surface area (Å²) in [6.07, 6.45) is 0. The zero-order chi connectivity index (χ0) is 14.7. The molecule has 1 aromatic carbocycles. The molecule has 0 fully saturated rings. The SMILES string of the molecule is Cc1nc(CSc2cccc(F)c2)nc(N)c1C(C)C. The molecule has 2 rings (SSSR count). The third-order valence-electron chi connectivity index (χ3n) is 2.95. The van der Waals surface area contributed by atoms with Crippen molar-refractivity contribution in [1.29, 1.82) is 0 Å². The molecule has 106 valence electrons. The predicted octanol–water partition coefficient (Wildman–Crippen LogP) is 3.92. The maximum absolute atomic E-state index is 13.1. The Morgan fingerprint density at radius 1 is 1.30 bits per heavy atom. The molecule has 2 aromatic rings. The minimum atomic E-state index is -0.234. The molecule has 0 aliphatic carbocycles.